The van der Waals surface area contributed by atoms with E-state index in [4.69, 9.17) is 5.11 Å². The number of carbonyl (C=O) groups is 1. The molecule has 9 heteroatoms. The zero-order valence-electron chi connectivity index (χ0n) is 10.6. The van der Waals surface area contributed by atoms with E-state index in [0.29, 0.717) is 5.03 Å². The van der Waals surface area contributed by atoms with Gasteiger partial charge in [0.15, 0.2) is 0 Å². The Morgan fingerprint density at radius 2 is 2.20 bits per heavy atom. The van der Waals surface area contributed by atoms with Gasteiger partial charge in [0.2, 0.25) is 0 Å². The average molecular weight is 294 g/mol. The summed E-state index contributed by atoms with van der Waals surface area (Å²) in [7, 11) is 1.72. The number of carboxylic acids is 1. The summed E-state index contributed by atoms with van der Waals surface area (Å²) in [5, 5.41) is 24.8. The van der Waals surface area contributed by atoms with E-state index in [-0.39, 0.29) is 16.3 Å². The highest BCUT2D eigenvalue weighted by atomic mass is 32.2. The Kier molecular flexibility index (Phi) is 3.70. The van der Waals surface area contributed by atoms with Crippen LogP contribution in [-0.2, 0) is 7.05 Å². The van der Waals surface area contributed by atoms with Crippen molar-refractivity contribution in [1.82, 2.24) is 14.8 Å². The first-order valence-electron chi connectivity index (χ1n) is 5.44. The van der Waals surface area contributed by atoms with Crippen molar-refractivity contribution in [3.8, 4) is 0 Å². The zero-order valence-corrected chi connectivity index (χ0v) is 11.4. The van der Waals surface area contributed by atoms with Crippen LogP contribution in [0, 0.1) is 17.0 Å². The molecule has 0 spiro atoms. The maximum absolute atomic E-state index is 11.2. The lowest BCUT2D eigenvalue weighted by Crippen LogP contribution is -2.03. The molecule has 104 valence electrons. The van der Waals surface area contributed by atoms with E-state index in [9.17, 15) is 14.9 Å². The van der Waals surface area contributed by atoms with Crippen LogP contribution in [0.3, 0.4) is 0 Å². The molecule has 0 amide bonds. The van der Waals surface area contributed by atoms with Crippen LogP contribution < -0.4 is 0 Å². The third-order valence-corrected chi connectivity index (χ3v) is 3.55. The smallest absolute Gasteiger partial charge is 0.338 e. The highest BCUT2D eigenvalue weighted by Gasteiger charge is 2.19. The number of nitrogens with zero attached hydrogens (tertiary/aromatic N) is 4. The van der Waals surface area contributed by atoms with E-state index in [0.717, 1.165) is 29.7 Å². The van der Waals surface area contributed by atoms with Crippen molar-refractivity contribution in [2.45, 2.75) is 17.0 Å². The molecular formula is C11H10N4O4S. The molecule has 20 heavy (non-hydrogen) atoms. The predicted molar refractivity (Wildman–Crippen MR) is 69.9 cm³/mol. The van der Waals surface area contributed by atoms with E-state index >= 15 is 0 Å². The van der Waals surface area contributed by atoms with Crippen LogP contribution in [0.1, 0.15) is 16.1 Å². The second kappa shape index (κ2) is 5.29. The molecule has 0 aliphatic heterocycles. The number of aromatic nitrogens is 3. The highest BCUT2D eigenvalue weighted by Crippen LogP contribution is 2.30. The molecule has 0 unspecified atom stereocenters. The van der Waals surface area contributed by atoms with Crippen molar-refractivity contribution in [2.24, 2.45) is 7.05 Å². The van der Waals surface area contributed by atoms with Gasteiger partial charge in [-0.15, -0.1) is 0 Å². The van der Waals surface area contributed by atoms with Gasteiger partial charge in [-0.1, -0.05) is 0 Å². The minimum Gasteiger partial charge on any atom is -0.478 e. The van der Waals surface area contributed by atoms with Gasteiger partial charge in [0.05, 0.1) is 16.2 Å². The summed E-state index contributed by atoms with van der Waals surface area (Å²) in [5.74, 6) is -1.26. The molecule has 0 saturated heterocycles. The maximum Gasteiger partial charge on any atom is 0.338 e. The average Bonchev–Trinajstić information content (AvgIpc) is 2.67. The topological polar surface area (TPSA) is 111 Å². The molecule has 0 saturated carbocycles. The van der Waals surface area contributed by atoms with Crippen LogP contribution in [-0.4, -0.2) is 30.8 Å². The molecule has 2 aromatic rings. The zero-order chi connectivity index (χ0) is 14.9. The lowest BCUT2D eigenvalue weighted by Gasteiger charge is -2.04. The largest absolute Gasteiger partial charge is 0.478 e. The van der Waals surface area contributed by atoms with Crippen LogP contribution in [0.2, 0.25) is 0 Å². The second-order valence-corrected chi connectivity index (χ2v) is 4.97. The fourth-order valence-corrected chi connectivity index (χ4v) is 2.52. The number of nitro groups is 1. The van der Waals surface area contributed by atoms with Crippen LogP contribution in [0.25, 0.3) is 0 Å². The number of rotatable bonds is 4. The molecule has 1 N–H and O–H groups in total. The van der Waals surface area contributed by atoms with E-state index in [1.54, 1.807) is 17.8 Å². The Bertz CT molecular complexity index is 698. The van der Waals surface area contributed by atoms with Crippen molar-refractivity contribution in [2.75, 3.05) is 0 Å². The standard InChI is InChI=1S/C11H10N4O4S/c1-6-3-9(14(2)13-6)20-10-8(11(16)17)4-7(5-12-10)15(18)19/h3-5H,1-2H3,(H,16,17). The van der Waals surface area contributed by atoms with Gasteiger partial charge in [-0.05, 0) is 24.8 Å². The van der Waals surface area contributed by atoms with Gasteiger partial charge in [-0.2, -0.15) is 5.10 Å². The van der Waals surface area contributed by atoms with E-state index in [2.05, 4.69) is 10.1 Å². The van der Waals surface area contributed by atoms with Gasteiger partial charge in [0.25, 0.3) is 5.69 Å². The van der Waals surface area contributed by atoms with Crippen molar-refractivity contribution in [1.29, 1.82) is 0 Å². The number of hydrogen-bond acceptors (Lipinski definition) is 6. The Morgan fingerprint density at radius 3 is 2.70 bits per heavy atom. The summed E-state index contributed by atoms with van der Waals surface area (Å²) in [6, 6.07) is 2.78. The van der Waals surface area contributed by atoms with Gasteiger partial charge < -0.3 is 5.11 Å². The first kappa shape index (κ1) is 14.0. The summed E-state index contributed by atoms with van der Waals surface area (Å²) in [6.07, 6.45) is 1.04. The van der Waals surface area contributed by atoms with Crippen molar-refractivity contribution >= 4 is 23.4 Å². The molecule has 8 nitrogen and oxygen atoms in total. The summed E-state index contributed by atoms with van der Waals surface area (Å²) >= 11 is 1.10. The molecule has 2 aromatic heterocycles. The summed E-state index contributed by atoms with van der Waals surface area (Å²) in [5.41, 5.74) is 0.227. The summed E-state index contributed by atoms with van der Waals surface area (Å²) < 4.78 is 1.59. The van der Waals surface area contributed by atoms with E-state index < -0.39 is 10.9 Å². The summed E-state index contributed by atoms with van der Waals surface area (Å²) in [4.78, 5) is 25.0. The Morgan fingerprint density at radius 1 is 1.50 bits per heavy atom. The molecule has 0 aromatic carbocycles. The van der Waals surface area contributed by atoms with Crippen LogP contribution in [0.15, 0.2) is 28.4 Å². The monoisotopic (exact) mass is 294 g/mol. The van der Waals surface area contributed by atoms with Gasteiger partial charge in [0, 0.05) is 13.1 Å². The van der Waals surface area contributed by atoms with Crippen molar-refractivity contribution < 1.29 is 14.8 Å². The maximum atomic E-state index is 11.2. The molecular weight excluding hydrogens is 284 g/mol. The van der Waals surface area contributed by atoms with Crippen LogP contribution in [0.5, 0.6) is 0 Å². The van der Waals surface area contributed by atoms with Crippen molar-refractivity contribution in [3.05, 3.63) is 39.7 Å². The minimum absolute atomic E-state index is 0.186. The lowest BCUT2D eigenvalue weighted by molar-refractivity contribution is -0.385. The number of aromatic carboxylic acids is 1. The minimum atomic E-state index is -1.26. The second-order valence-electron chi connectivity index (χ2n) is 3.96. The Balaban J connectivity index is 2.43. The van der Waals surface area contributed by atoms with E-state index in [1.807, 2.05) is 6.92 Å². The molecule has 0 aliphatic rings. The first-order valence-corrected chi connectivity index (χ1v) is 6.26. The molecule has 0 atom stereocenters. The number of hydrogen-bond donors (Lipinski definition) is 1. The molecule has 2 heterocycles. The normalized spacial score (nSPS) is 10.5. The third kappa shape index (κ3) is 2.77. The number of aryl methyl sites for hydroxylation is 2. The SMILES string of the molecule is Cc1cc(Sc2ncc([N+](=O)[O-])cc2C(=O)O)n(C)n1. The third-order valence-electron chi connectivity index (χ3n) is 2.44. The first-order chi connectivity index (χ1) is 9.38. The highest BCUT2D eigenvalue weighted by molar-refractivity contribution is 7.99. The lowest BCUT2D eigenvalue weighted by atomic mass is 10.3. The predicted octanol–water partition coefficient (Wildman–Crippen LogP) is 1.88. The quantitative estimate of drug-likeness (QED) is 0.676. The number of pyridine rings is 1. The van der Waals surface area contributed by atoms with Gasteiger partial charge in [-0.25, -0.2) is 9.78 Å². The molecule has 0 fully saturated rings. The van der Waals surface area contributed by atoms with Gasteiger partial charge >= 0.3 is 5.97 Å². The van der Waals surface area contributed by atoms with Crippen molar-refractivity contribution in [3.63, 3.8) is 0 Å². The van der Waals surface area contributed by atoms with E-state index in [1.165, 1.54) is 0 Å². The molecule has 2 rings (SSSR count). The molecule has 0 radical (unpaired) electrons. The van der Waals surface area contributed by atoms with Crippen LogP contribution >= 0.6 is 11.8 Å². The fraction of sp³-hybridized carbons (Fsp3) is 0.182. The summed E-state index contributed by atoms with van der Waals surface area (Å²) in [6.45, 7) is 1.81. The molecule has 0 aliphatic carbocycles. The van der Waals surface area contributed by atoms with Crippen LogP contribution in [0.4, 0.5) is 5.69 Å². The van der Waals surface area contributed by atoms with Gasteiger partial charge in [0.1, 0.15) is 16.2 Å². The Labute approximate surface area is 117 Å². The Hall–Kier alpha value is -2.42. The fourth-order valence-electron chi connectivity index (χ4n) is 1.56. The van der Waals surface area contributed by atoms with Gasteiger partial charge in [-0.3, -0.25) is 14.8 Å². The number of carboxylic acid groups (broad SMARTS) is 1. The molecule has 0 bridgehead atoms.